The van der Waals surface area contributed by atoms with E-state index in [9.17, 15) is 0 Å². The molecule has 0 N–H and O–H groups in total. The Labute approximate surface area is 178 Å². The first-order valence-electron chi connectivity index (χ1n) is 7.82. The summed E-state index contributed by atoms with van der Waals surface area (Å²) in [7, 11) is 0. The third-order valence-corrected chi connectivity index (χ3v) is 3.73. The molecule has 0 aliphatic carbocycles. The number of benzene rings is 3. The van der Waals surface area contributed by atoms with Crippen LogP contribution in [-0.2, 0) is 0 Å². The summed E-state index contributed by atoms with van der Waals surface area (Å²) in [6.45, 7) is 0. The van der Waals surface area contributed by atoms with Crippen LogP contribution in [0.1, 0.15) is 16.7 Å². The van der Waals surface area contributed by atoms with E-state index in [0.717, 1.165) is 16.7 Å². The molecule has 0 fully saturated rings. The van der Waals surface area contributed by atoms with Crippen LogP contribution in [0.5, 0.6) is 0 Å². The largest absolute Gasteiger partial charge is 1.00 e. The molecule has 3 aromatic rings. The molecule has 3 nitrogen and oxygen atoms in total. The van der Waals surface area contributed by atoms with Gasteiger partial charge in [0.1, 0.15) is 0 Å². The van der Waals surface area contributed by atoms with Gasteiger partial charge in [0.05, 0.1) is 0 Å². The standard InChI is InChI=1S/C21H15N3.2Li/c1-4-10-16(11-5-1)19-22-20(17-12-6-2-7-13-17)24-21(23-19)18-14-8-3-9-15-18;;/h1-15H;;/q-2;2*+1. The Bertz CT molecular complexity index is 823. The van der Waals surface area contributed by atoms with Crippen molar-refractivity contribution < 1.29 is 37.7 Å². The average Bonchev–Trinajstić information content (AvgIpc) is 2.70. The number of hydrogen-bond donors (Lipinski definition) is 0. The molecule has 5 heteroatoms. The van der Waals surface area contributed by atoms with E-state index in [1.54, 1.807) is 0 Å². The minimum atomic E-state index is 0. The Kier molecular flexibility index (Phi) is 7.40. The maximum absolute atomic E-state index is 4.68. The van der Waals surface area contributed by atoms with Gasteiger partial charge in [0, 0.05) is 0 Å². The second-order valence-corrected chi connectivity index (χ2v) is 5.40. The van der Waals surface area contributed by atoms with E-state index in [0.29, 0.717) is 17.8 Å². The number of nitrogens with zero attached hydrogens (tertiary/aromatic N) is 3. The molecule has 0 spiro atoms. The topological polar surface area (TPSA) is 38.8 Å². The van der Waals surface area contributed by atoms with Crippen LogP contribution in [0.25, 0.3) is 5.32 Å². The predicted octanol–water partition coefficient (Wildman–Crippen LogP) is -1.19. The summed E-state index contributed by atoms with van der Waals surface area (Å²) in [5, 5.41) is 4.68. The number of rotatable bonds is 3. The first-order valence-corrected chi connectivity index (χ1v) is 7.82. The van der Waals surface area contributed by atoms with Crippen molar-refractivity contribution in [2.45, 2.75) is 0 Å². The fraction of sp³-hybridized carbons (Fsp3) is 0. The van der Waals surface area contributed by atoms with Gasteiger partial charge in [0.25, 0.3) is 0 Å². The first kappa shape index (κ1) is 20.2. The summed E-state index contributed by atoms with van der Waals surface area (Å²) < 4.78 is 0. The summed E-state index contributed by atoms with van der Waals surface area (Å²) in [6, 6.07) is 30.0. The minimum Gasteiger partial charge on any atom is -0.438 e. The molecule has 26 heavy (non-hydrogen) atoms. The van der Waals surface area contributed by atoms with Crippen LogP contribution in [0.3, 0.4) is 0 Å². The van der Waals surface area contributed by atoms with Gasteiger partial charge in [-0.25, -0.2) is 0 Å². The van der Waals surface area contributed by atoms with Crippen LogP contribution in [0.2, 0.25) is 0 Å². The Morgan fingerprint density at radius 2 is 0.923 bits per heavy atom. The zero-order valence-electron chi connectivity index (χ0n) is 15.0. The zero-order chi connectivity index (χ0) is 16.2. The molecule has 4 rings (SSSR count). The summed E-state index contributed by atoms with van der Waals surface area (Å²) in [5.41, 5.74) is 2.94. The van der Waals surface area contributed by atoms with Crippen molar-refractivity contribution in [1.29, 1.82) is 0 Å². The quantitative estimate of drug-likeness (QED) is 0.430. The van der Waals surface area contributed by atoms with E-state index in [4.69, 9.17) is 0 Å². The second kappa shape index (κ2) is 9.53. The molecule has 0 unspecified atom stereocenters. The summed E-state index contributed by atoms with van der Waals surface area (Å²) >= 11 is 0. The Balaban J connectivity index is 0.00000121. The Morgan fingerprint density at radius 3 is 1.35 bits per heavy atom. The number of aliphatic imine (C=N–C) groups is 2. The average molecular weight is 323 g/mol. The molecule has 0 radical (unpaired) electrons. The van der Waals surface area contributed by atoms with Gasteiger partial charge in [-0.2, -0.15) is 0 Å². The number of amidine groups is 2. The maximum Gasteiger partial charge on any atom is 1.00 e. The van der Waals surface area contributed by atoms with E-state index < -0.39 is 0 Å². The van der Waals surface area contributed by atoms with Crippen molar-refractivity contribution in [2.24, 2.45) is 9.98 Å². The van der Waals surface area contributed by atoms with Crippen LogP contribution in [-0.4, -0.2) is 11.7 Å². The Hall–Kier alpha value is -2.14. The van der Waals surface area contributed by atoms with Crippen LogP contribution >= 0.6 is 0 Å². The summed E-state index contributed by atoms with van der Waals surface area (Å²) in [6.07, 6.45) is 0.684. The molecule has 3 aromatic carbocycles. The van der Waals surface area contributed by atoms with E-state index in [2.05, 4.69) is 15.3 Å². The SMILES string of the molecule is [Li+].[Li+].c1ccc(C2=N[C-](c3ccccc3)N=C(c3ccccc3)[N-]2)cc1. The van der Waals surface area contributed by atoms with Crippen LogP contribution < -0.4 is 37.7 Å². The minimum absolute atomic E-state index is 0. The van der Waals surface area contributed by atoms with Crippen molar-refractivity contribution in [1.82, 2.24) is 0 Å². The monoisotopic (exact) mass is 323 g/mol. The van der Waals surface area contributed by atoms with Gasteiger partial charge in [0.15, 0.2) is 0 Å². The Morgan fingerprint density at radius 1 is 0.538 bits per heavy atom. The molecule has 1 heterocycles. The predicted molar refractivity (Wildman–Crippen MR) is 98.1 cm³/mol. The first-order chi connectivity index (χ1) is 11.9. The normalized spacial score (nSPS) is 12.7. The van der Waals surface area contributed by atoms with Gasteiger partial charge >= 0.3 is 37.7 Å². The second-order valence-electron chi connectivity index (χ2n) is 5.40. The molecule has 1 aliphatic rings. The van der Waals surface area contributed by atoms with Gasteiger partial charge in [-0.05, 0) is 11.1 Å². The van der Waals surface area contributed by atoms with E-state index in [-0.39, 0.29) is 37.7 Å². The third-order valence-electron chi connectivity index (χ3n) is 3.73. The van der Waals surface area contributed by atoms with E-state index >= 15 is 0 Å². The summed E-state index contributed by atoms with van der Waals surface area (Å²) in [5.74, 6) is 1.37. The van der Waals surface area contributed by atoms with E-state index in [1.807, 2.05) is 91.0 Å². The van der Waals surface area contributed by atoms with Crippen LogP contribution in [0.4, 0.5) is 0 Å². The molecule has 1 aliphatic heterocycles. The van der Waals surface area contributed by atoms with Crippen LogP contribution in [0, 0.1) is 6.17 Å². The van der Waals surface area contributed by atoms with Crippen LogP contribution in [0.15, 0.2) is 101 Å². The molecule has 116 valence electrons. The van der Waals surface area contributed by atoms with Crippen molar-refractivity contribution in [3.8, 4) is 0 Å². The van der Waals surface area contributed by atoms with Crippen molar-refractivity contribution in [2.75, 3.05) is 0 Å². The molecular weight excluding hydrogens is 308 g/mol. The molecule has 0 saturated carbocycles. The molecule has 0 saturated heterocycles. The number of hydrogen-bond acceptors (Lipinski definition) is 2. The fourth-order valence-electron chi connectivity index (χ4n) is 2.52. The molecule has 0 aromatic heterocycles. The van der Waals surface area contributed by atoms with E-state index in [1.165, 1.54) is 0 Å². The molecule has 0 bridgehead atoms. The summed E-state index contributed by atoms with van der Waals surface area (Å²) in [4.78, 5) is 9.35. The van der Waals surface area contributed by atoms with Gasteiger partial charge in [-0.15, -0.1) is 17.7 Å². The maximum atomic E-state index is 4.68. The molecule has 0 amide bonds. The zero-order valence-corrected chi connectivity index (χ0v) is 15.0. The smallest absolute Gasteiger partial charge is 0.438 e. The third kappa shape index (κ3) is 4.52. The van der Waals surface area contributed by atoms with Gasteiger partial charge in [0.2, 0.25) is 0 Å². The van der Waals surface area contributed by atoms with Crippen molar-refractivity contribution in [3.05, 3.63) is 119 Å². The fourth-order valence-corrected chi connectivity index (χ4v) is 2.52. The van der Waals surface area contributed by atoms with Gasteiger partial charge in [-0.3, -0.25) is 0 Å². The van der Waals surface area contributed by atoms with Gasteiger partial charge < -0.3 is 15.3 Å². The van der Waals surface area contributed by atoms with Crippen molar-refractivity contribution in [3.63, 3.8) is 0 Å². The van der Waals surface area contributed by atoms with Crippen molar-refractivity contribution >= 4 is 11.7 Å². The molecule has 0 atom stereocenters. The molecular formula is C21H15Li2N3. The van der Waals surface area contributed by atoms with Gasteiger partial charge in [-0.1, -0.05) is 96.7 Å².